The van der Waals surface area contributed by atoms with Crippen molar-refractivity contribution in [3.05, 3.63) is 34.0 Å². The maximum Gasteiger partial charge on any atom is 0.407 e. The van der Waals surface area contributed by atoms with Gasteiger partial charge in [-0.3, -0.25) is 0 Å². The highest BCUT2D eigenvalue weighted by molar-refractivity contribution is 9.10. The summed E-state index contributed by atoms with van der Waals surface area (Å²) in [6.07, 6.45) is 1.37. The molecule has 18 heavy (non-hydrogen) atoms. The first-order valence-electron chi connectivity index (χ1n) is 5.24. The molecular weight excluding hydrogens is 318 g/mol. The molecule has 1 aliphatic heterocycles. The summed E-state index contributed by atoms with van der Waals surface area (Å²) in [5.74, 6) is 0. The number of hydrogen-bond acceptors (Lipinski definition) is 5. The Morgan fingerprint density at radius 2 is 2.39 bits per heavy atom. The molecule has 1 saturated heterocycles. The summed E-state index contributed by atoms with van der Waals surface area (Å²) in [5, 5.41) is 3.53. The molecule has 1 amide bonds. The van der Waals surface area contributed by atoms with E-state index in [-0.39, 0.29) is 6.04 Å². The number of rotatable bonds is 2. The van der Waals surface area contributed by atoms with Gasteiger partial charge in [-0.05, 0) is 28.1 Å². The van der Waals surface area contributed by atoms with Gasteiger partial charge in [0.2, 0.25) is 0 Å². The van der Waals surface area contributed by atoms with Crippen LogP contribution in [-0.2, 0) is 4.74 Å². The molecule has 5 nitrogen and oxygen atoms in total. The van der Waals surface area contributed by atoms with Gasteiger partial charge in [-0.25, -0.2) is 14.8 Å². The normalized spacial score (nSPS) is 18.5. The lowest BCUT2D eigenvalue weighted by Crippen LogP contribution is -2.17. The molecule has 1 N–H and O–H groups in total. The molecule has 7 heteroatoms. The van der Waals surface area contributed by atoms with Gasteiger partial charge in [0.05, 0.1) is 10.6 Å². The molecule has 2 aromatic heterocycles. The number of thiazole rings is 1. The highest BCUT2D eigenvalue weighted by Gasteiger charge is 2.26. The van der Waals surface area contributed by atoms with Gasteiger partial charge in [0.1, 0.15) is 22.3 Å². The Bertz CT molecular complexity index is 601. The number of carbonyl (C=O) groups excluding carboxylic acids is 1. The van der Waals surface area contributed by atoms with E-state index in [0.29, 0.717) is 6.61 Å². The fourth-order valence-corrected chi connectivity index (χ4v) is 2.90. The molecule has 1 atom stereocenters. The van der Waals surface area contributed by atoms with Crippen LogP contribution in [0.1, 0.15) is 11.0 Å². The van der Waals surface area contributed by atoms with Crippen molar-refractivity contribution in [2.24, 2.45) is 0 Å². The van der Waals surface area contributed by atoms with Crippen LogP contribution in [0, 0.1) is 0 Å². The molecular formula is C11H8BrN3O2S. The number of aromatic nitrogens is 2. The van der Waals surface area contributed by atoms with Crippen molar-refractivity contribution in [3.63, 3.8) is 0 Å². The largest absolute Gasteiger partial charge is 0.447 e. The minimum Gasteiger partial charge on any atom is -0.447 e. The number of halogens is 1. The van der Waals surface area contributed by atoms with Crippen LogP contribution in [0.5, 0.6) is 0 Å². The van der Waals surface area contributed by atoms with Crippen LogP contribution < -0.4 is 5.32 Å². The highest BCUT2D eigenvalue weighted by Crippen LogP contribution is 2.30. The number of hydrogen-bond donors (Lipinski definition) is 1. The standard InChI is InChI=1S/C11H8BrN3O2S/c12-9-3-1-2-6(14-9)8-4-13-10(18-8)7-5-17-11(16)15-7/h1-4,7H,5H2,(H,15,16). The number of nitrogens with zero attached hydrogens (tertiary/aromatic N) is 2. The monoisotopic (exact) mass is 325 g/mol. The fraction of sp³-hybridized carbons (Fsp3) is 0.182. The van der Waals surface area contributed by atoms with Crippen LogP contribution in [-0.4, -0.2) is 22.7 Å². The van der Waals surface area contributed by atoms with E-state index >= 15 is 0 Å². The Morgan fingerprint density at radius 3 is 3.11 bits per heavy atom. The summed E-state index contributed by atoms with van der Waals surface area (Å²) < 4.78 is 5.63. The number of pyridine rings is 1. The molecule has 3 heterocycles. The third-order valence-electron chi connectivity index (χ3n) is 2.46. The van der Waals surface area contributed by atoms with Gasteiger partial charge in [0, 0.05) is 6.20 Å². The summed E-state index contributed by atoms with van der Waals surface area (Å²) in [6.45, 7) is 0.331. The summed E-state index contributed by atoms with van der Waals surface area (Å²) in [5.41, 5.74) is 0.860. The molecule has 0 radical (unpaired) electrons. The highest BCUT2D eigenvalue weighted by atomic mass is 79.9. The Labute approximate surface area is 115 Å². The number of amides is 1. The van der Waals surface area contributed by atoms with Crippen LogP contribution in [0.15, 0.2) is 29.0 Å². The Balaban J connectivity index is 1.87. The fourth-order valence-electron chi connectivity index (χ4n) is 1.63. The van der Waals surface area contributed by atoms with Crippen LogP contribution in [0.4, 0.5) is 4.79 Å². The van der Waals surface area contributed by atoms with Crippen LogP contribution in [0.2, 0.25) is 0 Å². The summed E-state index contributed by atoms with van der Waals surface area (Å²) in [7, 11) is 0. The predicted octanol–water partition coefficient (Wildman–Crippen LogP) is 2.75. The molecule has 0 aliphatic carbocycles. The maximum absolute atomic E-state index is 11.0. The lowest BCUT2D eigenvalue weighted by molar-refractivity contribution is 0.177. The van der Waals surface area contributed by atoms with Crippen molar-refractivity contribution in [1.29, 1.82) is 0 Å². The van der Waals surface area contributed by atoms with Gasteiger partial charge in [0.25, 0.3) is 0 Å². The second-order valence-electron chi connectivity index (χ2n) is 3.70. The van der Waals surface area contributed by atoms with Gasteiger partial charge in [0.15, 0.2) is 0 Å². The number of carbonyl (C=O) groups is 1. The van der Waals surface area contributed by atoms with E-state index < -0.39 is 6.09 Å². The molecule has 3 rings (SSSR count). The first-order valence-corrected chi connectivity index (χ1v) is 6.85. The van der Waals surface area contributed by atoms with Crippen molar-refractivity contribution >= 4 is 33.4 Å². The second kappa shape index (κ2) is 4.66. The number of alkyl carbamates (subject to hydrolysis) is 1. The molecule has 1 fully saturated rings. The van der Waals surface area contributed by atoms with E-state index in [1.807, 2.05) is 18.2 Å². The summed E-state index contributed by atoms with van der Waals surface area (Å²) in [4.78, 5) is 20.6. The van der Waals surface area contributed by atoms with Crippen molar-refractivity contribution in [1.82, 2.24) is 15.3 Å². The third-order valence-corrected chi connectivity index (χ3v) is 4.04. The topological polar surface area (TPSA) is 64.1 Å². The van der Waals surface area contributed by atoms with Crippen molar-refractivity contribution in [2.45, 2.75) is 6.04 Å². The minimum absolute atomic E-state index is 0.150. The number of ether oxygens (including phenoxy) is 1. The van der Waals surface area contributed by atoms with Gasteiger partial charge in [-0.2, -0.15) is 0 Å². The molecule has 1 unspecified atom stereocenters. The molecule has 0 aromatic carbocycles. The zero-order valence-electron chi connectivity index (χ0n) is 9.09. The van der Waals surface area contributed by atoms with E-state index in [2.05, 4.69) is 31.2 Å². The van der Waals surface area contributed by atoms with Crippen molar-refractivity contribution < 1.29 is 9.53 Å². The zero-order chi connectivity index (χ0) is 12.5. The first-order chi connectivity index (χ1) is 8.72. The van der Waals surface area contributed by atoms with E-state index in [1.54, 1.807) is 6.20 Å². The maximum atomic E-state index is 11.0. The molecule has 1 aliphatic rings. The predicted molar refractivity (Wildman–Crippen MR) is 70.3 cm³/mol. The van der Waals surface area contributed by atoms with Crippen LogP contribution >= 0.6 is 27.3 Å². The second-order valence-corrected chi connectivity index (χ2v) is 5.58. The van der Waals surface area contributed by atoms with Crippen molar-refractivity contribution in [3.8, 4) is 10.6 Å². The molecule has 2 aromatic rings. The van der Waals surface area contributed by atoms with E-state index in [1.165, 1.54) is 11.3 Å². The summed E-state index contributed by atoms with van der Waals surface area (Å²) >= 11 is 4.84. The molecule has 0 bridgehead atoms. The van der Waals surface area contributed by atoms with Gasteiger partial charge < -0.3 is 10.1 Å². The van der Waals surface area contributed by atoms with E-state index in [4.69, 9.17) is 4.74 Å². The van der Waals surface area contributed by atoms with E-state index in [0.717, 1.165) is 20.2 Å². The smallest absolute Gasteiger partial charge is 0.407 e. The average molecular weight is 326 g/mol. The quantitative estimate of drug-likeness (QED) is 0.862. The number of nitrogens with one attached hydrogen (secondary N) is 1. The van der Waals surface area contributed by atoms with Crippen LogP contribution in [0.25, 0.3) is 10.6 Å². The van der Waals surface area contributed by atoms with Gasteiger partial charge in [-0.15, -0.1) is 11.3 Å². The van der Waals surface area contributed by atoms with Gasteiger partial charge >= 0.3 is 6.09 Å². The summed E-state index contributed by atoms with van der Waals surface area (Å²) in [6, 6.07) is 5.57. The SMILES string of the molecule is O=C1NC(c2ncc(-c3cccc(Br)n3)s2)CO1. The third kappa shape index (κ3) is 2.23. The van der Waals surface area contributed by atoms with Crippen LogP contribution in [0.3, 0.4) is 0 Å². The molecule has 92 valence electrons. The first kappa shape index (κ1) is 11.6. The zero-order valence-corrected chi connectivity index (χ0v) is 11.5. The van der Waals surface area contributed by atoms with Gasteiger partial charge in [-0.1, -0.05) is 6.07 Å². The van der Waals surface area contributed by atoms with E-state index in [9.17, 15) is 4.79 Å². The Hall–Kier alpha value is -1.47. The molecule has 0 saturated carbocycles. The minimum atomic E-state index is -0.391. The molecule has 0 spiro atoms. The number of cyclic esters (lactones) is 1. The Morgan fingerprint density at radius 1 is 1.50 bits per heavy atom. The lowest BCUT2D eigenvalue weighted by Gasteiger charge is -2.00. The average Bonchev–Trinajstić information content (AvgIpc) is 2.97. The van der Waals surface area contributed by atoms with Crippen molar-refractivity contribution in [2.75, 3.05) is 6.61 Å². The Kier molecular flexibility index (Phi) is 3.00. The lowest BCUT2D eigenvalue weighted by atomic mass is 10.3.